The van der Waals surface area contributed by atoms with E-state index in [1.165, 1.54) is 22.3 Å². The summed E-state index contributed by atoms with van der Waals surface area (Å²) in [6, 6.07) is 16.6. The molecule has 1 atom stereocenters. The molecule has 88 valence electrons. The van der Waals surface area contributed by atoms with Crippen molar-refractivity contribution in [1.29, 1.82) is 0 Å². The monoisotopic (exact) mass is 226 g/mol. The van der Waals surface area contributed by atoms with Gasteiger partial charge in [0.15, 0.2) is 0 Å². The zero-order chi connectivity index (χ0) is 12.3. The maximum Gasteiger partial charge on any atom is 0.0540 e. The molecule has 0 bridgehead atoms. The molecule has 1 N–H and O–H groups in total. The second-order valence-corrected chi connectivity index (χ2v) is 4.49. The molecule has 2 aromatic carbocycles. The number of hydrogen-bond donors (Lipinski definition) is 1. The molecular formula is C16H18O. The summed E-state index contributed by atoms with van der Waals surface area (Å²) in [5.74, 6) is 0.0792. The molecular weight excluding hydrogens is 208 g/mol. The molecule has 17 heavy (non-hydrogen) atoms. The number of aryl methyl sites for hydroxylation is 2. The molecule has 0 aromatic heterocycles. The molecule has 0 radical (unpaired) electrons. The van der Waals surface area contributed by atoms with Crippen molar-refractivity contribution in [3.63, 3.8) is 0 Å². The van der Waals surface area contributed by atoms with E-state index in [-0.39, 0.29) is 12.5 Å². The van der Waals surface area contributed by atoms with Crippen molar-refractivity contribution >= 4 is 0 Å². The van der Waals surface area contributed by atoms with Crippen LogP contribution in [0, 0.1) is 13.8 Å². The second kappa shape index (κ2) is 5.15. The summed E-state index contributed by atoms with van der Waals surface area (Å²) >= 11 is 0. The van der Waals surface area contributed by atoms with Gasteiger partial charge in [-0.05, 0) is 36.1 Å². The van der Waals surface area contributed by atoms with Gasteiger partial charge in [0.25, 0.3) is 0 Å². The van der Waals surface area contributed by atoms with E-state index in [0.717, 1.165) is 0 Å². The Bertz CT molecular complexity index is 488. The Hall–Kier alpha value is -1.60. The highest BCUT2D eigenvalue weighted by molar-refractivity contribution is 5.37. The molecule has 0 aliphatic heterocycles. The van der Waals surface area contributed by atoms with E-state index in [2.05, 4.69) is 44.2 Å². The van der Waals surface area contributed by atoms with Gasteiger partial charge >= 0.3 is 0 Å². The summed E-state index contributed by atoms with van der Waals surface area (Å²) in [6.07, 6.45) is 0. The summed E-state index contributed by atoms with van der Waals surface area (Å²) in [6.45, 7) is 4.36. The summed E-state index contributed by atoms with van der Waals surface area (Å²) < 4.78 is 0. The third kappa shape index (κ3) is 2.56. The van der Waals surface area contributed by atoms with Gasteiger partial charge in [0.1, 0.15) is 0 Å². The highest BCUT2D eigenvalue weighted by Gasteiger charge is 2.12. The van der Waals surface area contributed by atoms with E-state index in [4.69, 9.17) is 0 Å². The number of hydrogen-bond acceptors (Lipinski definition) is 1. The van der Waals surface area contributed by atoms with Gasteiger partial charge in [-0.2, -0.15) is 0 Å². The molecule has 0 aliphatic carbocycles. The molecule has 0 amide bonds. The largest absolute Gasteiger partial charge is 0.395 e. The van der Waals surface area contributed by atoms with Crippen LogP contribution >= 0.6 is 0 Å². The van der Waals surface area contributed by atoms with Crippen LogP contribution in [0.3, 0.4) is 0 Å². The lowest BCUT2D eigenvalue weighted by Gasteiger charge is -2.16. The van der Waals surface area contributed by atoms with E-state index in [9.17, 15) is 5.11 Å². The van der Waals surface area contributed by atoms with Crippen molar-refractivity contribution in [2.75, 3.05) is 6.61 Å². The molecule has 2 aromatic rings. The second-order valence-electron chi connectivity index (χ2n) is 4.49. The highest BCUT2D eigenvalue weighted by Crippen LogP contribution is 2.25. The Labute approximate surface area is 103 Å². The van der Waals surface area contributed by atoms with Crippen LogP contribution in [-0.2, 0) is 0 Å². The van der Waals surface area contributed by atoms with Crippen molar-refractivity contribution in [1.82, 2.24) is 0 Å². The zero-order valence-electron chi connectivity index (χ0n) is 10.4. The fourth-order valence-corrected chi connectivity index (χ4v) is 2.07. The molecule has 1 heteroatoms. The summed E-state index contributed by atoms with van der Waals surface area (Å²) in [5.41, 5.74) is 4.91. The Morgan fingerprint density at radius 1 is 0.882 bits per heavy atom. The predicted molar refractivity (Wildman–Crippen MR) is 71.3 cm³/mol. The predicted octanol–water partition coefficient (Wildman–Crippen LogP) is 3.43. The van der Waals surface area contributed by atoms with Gasteiger partial charge in [0.05, 0.1) is 6.61 Å². The van der Waals surface area contributed by atoms with Crippen LogP contribution < -0.4 is 0 Å². The van der Waals surface area contributed by atoms with Crippen molar-refractivity contribution in [2.45, 2.75) is 19.8 Å². The van der Waals surface area contributed by atoms with Crippen LogP contribution in [0.25, 0.3) is 0 Å². The SMILES string of the molecule is Cc1ccc(C(CO)c2ccccc2)cc1C. The highest BCUT2D eigenvalue weighted by atomic mass is 16.3. The van der Waals surface area contributed by atoms with E-state index < -0.39 is 0 Å². The van der Waals surface area contributed by atoms with Crippen LogP contribution in [0.1, 0.15) is 28.2 Å². The lowest BCUT2D eigenvalue weighted by molar-refractivity contribution is 0.280. The number of aliphatic hydroxyl groups is 1. The van der Waals surface area contributed by atoms with Gasteiger partial charge in [-0.25, -0.2) is 0 Å². The van der Waals surface area contributed by atoms with Gasteiger partial charge in [0.2, 0.25) is 0 Å². The average Bonchev–Trinajstić information content (AvgIpc) is 2.36. The molecule has 0 fully saturated rings. The average molecular weight is 226 g/mol. The fourth-order valence-electron chi connectivity index (χ4n) is 2.07. The number of rotatable bonds is 3. The van der Waals surface area contributed by atoms with E-state index in [1.807, 2.05) is 18.2 Å². The first-order valence-electron chi connectivity index (χ1n) is 5.95. The summed E-state index contributed by atoms with van der Waals surface area (Å²) in [7, 11) is 0. The first-order chi connectivity index (χ1) is 8.22. The summed E-state index contributed by atoms with van der Waals surface area (Å²) in [5, 5.41) is 9.59. The number of aliphatic hydroxyl groups excluding tert-OH is 1. The fraction of sp³-hybridized carbons (Fsp3) is 0.250. The van der Waals surface area contributed by atoms with Crippen LogP contribution in [0.2, 0.25) is 0 Å². The Kier molecular flexibility index (Phi) is 3.60. The Morgan fingerprint density at radius 2 is 1.59 bits per heavy atom. The third-order valence-electron chi connectivity index (χ3n) is 3.32. The van der Waals surface area contributed by atoms with Crippen LogP contribution in [0.4, 0.5) is 0 Å². The van der Waals surface area contributed by atoms with Crippen molar-refractivity contribution in [3.8, 4) is 0 Å². The standard InChI is InChI=1S/C16H18O/c1-12-8-9-15(10-13(12)2)16(11-17)14-6-4-3-5-7-14/h3-10,16-17H,11H2,1-2H3. The van der Waals surface area contributed by atoms with Crippen LogP contribution in [-0.4, -0.2) is 11.7 Å². The van der Waals surface area contributed by atoms with Gasteiger partial charge < -0.3 is 5.11 Å². The first-order valence-corrected chi connectivity index (χ1v) is 5.95. The molecule has 0 spiro atoms. The lowest BCUT2D eigenvalue weighted by atomic mass is 9.90. The van der Waals surface area contributed by atoms with Gasteiger partial charge in [-0.1, -0.05) is 48.5 Å². The third-order valence-corrected chi connectivity index (χ3v) is 3.32. The first kappa shape index (κ1) is 11.9. The molecule has 1 unspecified atom stereocenters. The van der Waals surface area contributed by atoms with Crippen LogP contribution in [0.5, 0.6) is 0 Å². The van der Waals surface area contributed by atoms with Gasteiger partial charge in [0, 0.05) is 5.92 Å². The number of benzene rings is 2. The smallest absolute Gasteiger partial charge is 0.0540 e. The van der Waals surface area contributed by atoms with Crippen molar-refractivity contribution < 1.29 is 5.11 Å². The normalized spacial score (nSPS) is 12.4. The zero-order valence-corrected chi connectivity index (χ0v) is 10.4. The summed E-state index contributed by atoms with van der Waals surface area (Å²) in [4.78, 5) is 0. The molecule has 0 saturated carbocycles. The minimum atomic E-state index is 0.0792. The topological polar surface area (TPSA) is 20.2 Å². The van der Waals surface area contributed by atoms with E-state index in [0.29, 0.717) is 0 Å². The quantitative estimate of drug-likeness (QED) is 0.850. The maximum atomic E-state index is 9.59. The Balaban J connectivity index is 2.39. The lowest BCUT2D eigenvalue weighted by Crippen LogP contribution is -2.06. The Morgan fingerprint density at radius 3 is 2.18 bits per heavy atom. The van der Waals surface area contributed by atoms with Crippen molar-refractivity contribution in [2.24, 2.45) is 0 Å². The molecule has 1 nitrogen and oxygen atoms in total. The van der Waals surface area contributed by atoms with Crippen LogP contribution in [0.15, 0.2) is 48.5 Å². The van der Waals surface area contributed by atoms with Gasteiger partial charge in [-0.3, -0.25) is 0 Å². The minimum Gasteiger partial charge on any atom is -0.395 e. The van der Waals surface area contributed by atoms with Crippen molar-refractivity contribution in [3.05, 3.63) is 70.8 Å². The van der Waals surface area contributed by atoms with E-state index >= 15 is 0 Å². The molecule has 0 heterocycles. The van der Waals surface area contributed by atoms with E-state index in [1.54, 1.807) is 0 Å². The molecule has 0 saturated heterocycles. The maximum absolute atomic E-state index is 9.59. The molecule has 2 rings (SSSR count). The molecule has 0 aliphatic rings. The minimum absolute atomic E-state index is 0.0792. The van der Waals surface area contributed by atoms with Gasteiger partial charge in [-0.15, -0.1) is 0 Å².